The smallest absolute Gasteiger partial charge is 0.272 e. The van der Waals surface area contributed by atoms with Gasteiger partial charge in [-0.25, -0.2) is 0 Å². The second-order valence-corrected chi connectivity index (χ2v) is 3.47. The van der Waals surface area contributed by atoms with Crippen molar-refractivity contribution in [1.29, 1.82) is 0 Å². The molecular formula is C10H11NO4. The van der Waals surface area contributed by atoms with E-state index < -0.39 is 4.92 Å². The molecule has 5 nitrogen and oxygen atoms in total. The van der Waals surface area contributed by atoms with Crippen molar-refractivity contribution in [2.45, 2.75) is 13.0 Å². The molecule has 0 radical (unpaired) electrons. The molecule has 15 heavy (non-hydrogen) atoms. The first-order valence-electron chi connectivity index (χ1n) is 4.66. The summed E-state index contributed by atoms with van der Waals surface area (Å²) in [5, 5.41) is 10.6. The predicted molar refractivity (Wildman–Crippen MR) is 53.1 cm³/mol. The lowest BCUT2D eigenvalue weighted by Crippen LogP contribution is -2.04. The Bertz CT molecular complexity index is 387. The van der Waals surface area contributed by atoms with Gasteiger partial charge in [0.15, 0.2) is 0 Å². The van der Waals surface area contributed by atoms with Crippen LogP contribution >= 0.6 is 0 Å². The molecule has 1 aromatic carbocycles. The minimum Gasteiger partial charge on any atom is -0.491 e. The highest BCUT2D eigenvalue weighted by Crippen LogP contribution is 2.23. The van der Waals surface area contributed by atoms with Gasteiger partial charge in [-0.3, -0.25) is 10.1 Å². The molecule has 0 N–H and O–H groups in total. The molecule has 1 saturated heterocycles. The van der Waals surface area contributed by atoms with Crippen LogP contribution < -0.4 is 4.74 Å². The van der Waals surface area contributed by atoms with Gasteiger partial charge in [-0.2, -0.15) is 0 Å². The van der Waals surface area contributed by atoms with Crippen LogP contribution in [0.2, 0.25) is 0 Å². The van der Waals surface area contributed by atoms with Crippen LogP contribution in [0, 0.1) is 17.0 Å². The van der Waals surface area contributed by atoms with Crippen LogP contribution in [0.15, 0.2) is 18.2 Å². The molecule has 1 heterocycles. The maximum Gasteiger partial charge on any atom is 0.272 e. The third-order valence-corrected chi connectivity index (χ3v) is 2.20. The van der Waals surface area contributed by atoms with E-state index in [9.17, 15) is 10.1 Å². The Hall–Kier alpha value is -1.62. The van der Waals surface area contributed by atoms with Gasteiger partial charge in [0.1, 0.15) is 18.5 Å². The number of benzene rings is 1. The number of epoxide rings is 1. The van der Waals surface area contributed by atoms with Gasteiger partial charge in [0.2, 0.25) is 0 Å². The largest absolute Gasteiger partial charge is 0.491 e. The van der Waals surface area contributed by atoms with Crippen molar-refractivity contribution >= 4 is 5.69 Å². The topological polar surface area (TPSA) is 64.9 Å². The third kappa shape index (κ3) is 2.44. The van der Waals surface area contributed by atoms with Crippen LogP contribution in [0.5, 0.6) is 5.75 Å². The summed E-state index contributed by atoms with van der Waals surface area (Å²) in [6.07, 6.45) is 0.195. The molecule has 80 valence electrons. The molecule has 0 saturated carbocycles. The van der Waals surface area contributed by atoms with Gasteiger partial charge in [0.25, 0.3) is 5.69 Å². The lowest BCUT2D eigenvalue weighted by Gasteiger charge is -2.04. The molecule has 0 bridgehead atoms. The number of hydrogen-bond acceptors (Lipinski definition) is 4. The maximum atomic E-state index is 10.6. The third-order valence-electron chi connectivity index (χ3n) is 2.20. The minimum atomic E-state index is -0.400. The van der Waals surface area contributed by atoms with Crippen LogP contribution in [-0.2, 0) is 4.74 Å². The van der Waals surface area contributed by atoms with Crippen LogP contribution in [0.3, 0.4) is 0 Å². The average Bonchev–Trinajstić information content (AvgIpc) is 2.97. The second kappa shape index (κ2) is 3.86. The first-order valence-corrected chi connectivity index (χ1v) is 4.66. The highest BCUT2D eigenvalue weighted by atomic mass is 16.6. The number of ether oxygens (including phenoxy) is 2. The number of hydrogen-bond donors (Lipinski definition) is 0. The molecule has 0 aromatic heterocycles. The molecule has 1 fully saturated rings. The molecule has 0 aliphatic carbocycles. The van der Waals surface area contributed by atoms with E-state index in [1.165, 1.54) is 6.07 Å². The van der Waals surface area contributed by atoms with Gasteiger partial charge in [-0.1, -0.05) is 0 Å². The molecule has 5 heteroatoms. The molecule has 0 amide bonds. The van der Waals surface area contributed by atoms with Crippen molar-refractivity contribution in [2.75, 3.05) is 13.2 Å². The zero-order valence-corrected chi connectivity index (χ0v) is 8.30. The number of nitrogens with zero attached hydrogens (tertiary/aromatic N) is 1. The fourth-order valence-corrected chi connectivity index (χ4v) is 1.28. The summed E-state index contributed by atoms with van der Waals surface area (Å²) in [7, 11) is 0. The number of aryl methyl sites for hydroxylation is 1. The molecule has 1 aromatic rings. The average molecular weight is 209 g/mol. The zero-order chi connectivity index (χ0) is 10.8. The van der Waals surface area contributed by atoms with Crippen LogP contribution in [0.1, 0.15) is 5.56 Å². The summed E-state index contributed by atoms with van der Waals surface area (Å²) < 4.78 is 10.4. The molecule has 0 spiro atoms. The van der Waals surface area contributed by atoms with E-state index in [2.05, 4.69) is 0 Å². The molecular weight excluding hydrogens is 198 g/mol. The van der Waals surface area contributed by atoms with Crippen molar-refractivity contribution in [3.8, 4) is 5.75 Å². The Morgan fingerprint density at radius 2 is 2.40 bits per heavy atom. The van der Waals surface area contributed by atoms with Crippen LogP contribution in [0.4, 0.5) is 5.69 Å². The summed E-state index contributed by atoms with van der Waals surface area (Å²) in [6, 6.07) is 4.73. The monoisotopic (exact) mass is 209 g/mol. The molecule has 1 aliphatic rings. The van der Waals surface area contributed by atoms with Crippen LogP contribution in [0.25, 0.3) is 0 Å². The Morgan fingerprint density at radius 1 is 1.67 bits per heavy atom. The standard InChI is InChI=1S/C10H11NO4/c1-7-4-8(14-5-9-6-15-9)2-3-10(7)11(12)13/h2-4,9H,5-6H2,1H3/t9-/m0/s1. The van der Waals surface area contributed by atoms with Gasteiger partial charge in [0.05, 0.1) is 11.5 Å². The van der Waals surface area contributed by atoms with Crippen molar-refractivity contribution in [1.82, 2.24) is 0 Å². The van der Waals surface area contributed by atoms with Crippen molar-refractivity contribution < 1.29 is 14.4 Å². The van der Waals surface area contributed by atoms with E-state index in [0.717, 1.165) is 6.61 Å². The molecule has 1 aliphatic heterocycles. The molecule has 0 unspecified atom stereocenters. The van der Waals surface area contributed by atoms with Gasteiger partial charge in [-0.05, 0) is 19.1 Å². The summed E-state index contributed by atoms with van der Waals surface area (Å²) in [6.45, 7) is 2.95. The first-order chi connectivity index (χ1) is 7.16. The number of nitro benzene ring substituents is 1. The van der Waals surface area contributed by atoms with Gasteiger partial charge < -0.3 is 9.47 Å². The van der Waals surface area contributed by atoms with E-state index >= 15 is 0 Å². The quantitative estimate of drug-likeness (QED) is 0.430. The van der Waals surface area contributed by atoms with E-state index in [0.29, 0.717) is 17.9 Å². The van der Waals surface area contributed by atoms with Crippen LogP contribution in [-0.4, -0.2) is 24.2 Å². The number of rotatable bonds is 4. The van der Waals surface area contributed by atoms with Crippen molar-refractivity contribution in [3.63, 3.8) is 0 Å². The fraction of sp³-hybridized carbons (Fsp3) is 0.400. The van der Waals surface area contributed by atoms with E-state index in [-0.39, 0.29) is 11.8 Å². The summed E-state index contributed by atoms with van der Waals surface area (Å²) >= 11 is 0. The van der Waals surface area contributed by atoms with Crippen molar-refractivity contribution in [2.24, 2.45) is 0 Å². The fourth-order valence-electron chi connectivity index (χ4n) is 1.28. The van der Waals surface area contributed by atoms with E-state index in [1.54, 1.807) is 19.1 Å². The SMILES string of the molecule is Cc1cc(OC[C@H]2CO2)ccc1[N+](=O)[O-]. The number of nitro groups is 1. The van der Waals surface area contributed by atoms with Crippen molar-refractivity contribution in [3.05, 3.63) is 33.9 Å². The summed E-state index contributed by atoms with van der Waals surface area (Å²) in [4.78, 5) is 10.2. The Labute approximate surface area is 86.8 Å². The van der Waals surface area contributed by atoms with Gasteiger partial charge >= 0.3 is 0 Å². The Morgan fingerprint density at radius 3 is 2.93 bits per heavy atom. The van der Waals surface area contributed by atoms with Gasteiger partial charge in [0, 0.05) is 11.6 Å². The van der Waals surface area contributed by atoms with E-state index in [1.807, 2.05) is 0 Å². The summed E-state index contributed by atoms with van der Waals surface area (Å²) in [5.74, 6) is 0.647. The second-order valence-electron chi connectivity index (χ2n) is 3.47. The maximum absolute atomic E-state index is 10.6. The predicted octanol–water partition coefficient (Wildman–Crippen LogP) is 1.68. The highest BCUT2D eigenvalue weighted by Gasteiger charge is 2.23. The van der Waals surface area contributed by atoms with Gasteiger partial charge in [-0.15, -0.1) is 0 Å². The minimum absolute atomic E-state index is 0.116. The molecule has 1 atom stereocenters. The Balaban J connectivity index is 2.06. The highest BCUT2D eigenvalue weighted by molar-refractivity contribution is 5.44. The Kier molecular flexibility index (Phi) is 2.55. The normalized spacial score (nSPS) is 18.6. The zero-order valence-electron chi connectivity index (χ0n) is 8.30. The van der Waals surface area contributed by atoms with E-state index in [4.69, 9.17) is 9.47 Å². The summed E-state index contributed by atoms with van der Waals surface area (Å²) in [5.41, 5.74) is 0.722. The first kappa shape index (κ1) is 9.92. The molecule has 2 rings (SSSR count). The lowest BCUT2D eigenvalue weighted by atomic mass is 10.2. The lowest BCUT2D eigenvalue weighted by molar-refractivity contribution is -0.385.